The summed E-state index contributed by atoms with van der Waals surface area (Å²) in [7, 11) is 0. The first-order valence-electron chi connectivity index (χ1n) is 7.29. The summed E-state index contributed by atoms with van der Waals surface area (Å²) >= 11 is 0. The first-order chi connectivity index (χ1) is 10.3. The second kappa shape index (κ2) is 6.50. The highest BCUT2D eigenvalue weighted by Gasteiger charge is 2.20. The standard InChI is InChI=1S/C17H19N3O/c21-16(15-6-2-1-3-7-15)14-19-10-12-20(13-11-19)17-8-4-5-9-18-17/h1-9H,10-14H2. The monoisotopic (exact) mass is 281 g/mol. The number of hydrogen-bond donors (Lipinski definition) is 0. The van der Waals surface area contributed by atoms with Crippen LogP contribution in [0.1, 0.15) is 10.4 Å². The lowest BCUT2D eigenvalue weighted by atomic mass is 10.1. The Morgan fingerprint density at radius 3 is 2.33 bits per heavy atom. The SMILES string of the molecule is O=C(CN1CCN(c2ccccn2)CC1)c1ccccc1. The third-order valence-electron chi connectivity index (χ3n) is 3.81. The molecule has 0 N–H and O–H groups in total. The van der Waals surface area contributed by atoms with Crippen molar-refractivity contribution in [1.82, 2.24) is 9.88 Å². The average molecular weight is 281 g/mol. The second-order valence-corrected chi connectivity index (χ2v) is 5.24. The molecule has 2 heterocycles. The zero-order valence-electron chi connectivity index (χ0n) is 12.0. The maximum atomic E-state index is 12.2. The van der Waals surface area contributed by atoms with Crippen molar-refractivity contribution in [2.75, 3.05) is 37.6 Å². The molecule has 1 aromatic carbocycles. The number of aromatic nitrogens is 1. The number of Topliss-reactive ketones (excluding diaryl/α,β-unsaturated/α-hetero) is 1. The molecule has 0 amide bonds. The van der Waals surface area contributed by atoms with Crippen LogP contribution >= 0.6 is 0 Å². The van der Waals surface area contributed by atoms with Gasteiger partial charge in [0.1, 0.15) is 5.82 Å². The highest BCUT2D eigenvalue weighted by Crippen LogP contribution is 2.13. The Labute approximate surface area is 125 Å². The van der Waals surface area contributed by atoms with Gasteiger partial charge in [-0.2, -0.15) is 0 Å². The van der Waals surface area contributed by atoms with E-state index in [4.69, 9.17) is 0 Å². The average Bonchev–Trinajstić information content (AvgIpc) is 2.57. The van der Waals surface area contributed by atoms with E-state index in [1.54, 1.807) is 0 Å². The topological polar surface area (TPSA) is 36.4 Å². The van der Waals surface area contributed by atoms with Crippen molar-refractivity contribution in [2.45, 2.75) is 0 Å². The van der Waals surface area contributed by atoms with Crippen molar-refractivity contribution in [3.05, 3.63) is 60.3 Å². The Bertz CT molecular complexity index is 577. The maximum absolute atomic E-state index is 12.2. The molecule has 4 nitrogen and oxygen atoms in total. The molecule has 21 heavy (non-hydrogen) atoms. The molecule has 0 spiro atoms. The molecule has 0 saturated carbocycles. The minimum absolute atomic E-state index is 0.196. The largest absolute Gasteiger partial charge is 0.354 e. The highest BCUT2D eigenvalue weighted by atomic mass is 16.1. The normalized spacial score (nSPS) is 15.9. The van der Waals surface area contributed by atoms with Gasteiger partial charge in [0.15, 0.2) is 5.78 Å². The minimum Gasteiger partial charge on any atom is -0.354 e. The van der Waals surface area contributed by atoms with E-state index in [1.165, 1.54) is 0 Å². The lowest BCUT2D eigenvalue weighted by molar-refractivity contribution is 0.0926. The minimum atomic E-state index is 0.196. The van der Waals surface area contributed by atoms with E-state index in [0.717, 1.165) is 37.6 Å². The molecule has 1 aliphatic rings. The van der Waals surface area contributed by atoms with Gasteiger partial charge in [-0.25, -0.2) is 4.98 Å². The molecule has 1 fully saturated rings. The van der Waals surface area contributed by atoms with Gasteiger partial charge in [0.25, 0.3) is 0 Å². The van der Waals surface area contributed by atoms with Crippen molar-refractivity contribution in [1.29, 1.82) is 0 Å². The molecule has 2 aromatic rings. The van der Waals surface area contributed by atoms with E-state index in [9.17, 15) is 4.79 Å². The quantitative estimate of drug-likeness (QED) is 0.804. The van der Waals surface area contributed by atoms with Gasteiger partial charge in [-0.1, -0.05) is 36.4 Å². The van der Waals surface area contributed by atoms with Crippen molar-refractivity contribution in [2.24, 2.45) is 0 Å². The summed E-state index contributed by atoms with van der Waals surface area (Å²) in [6.07, 6.45) is 1.82. The van der Waals surface area contributed by atoms with Crippen molar-refractivity contribution in [3.8, 4) is 0 Å². The molecule has 3 rings (SSSR count). The van der Waals surface area contributed by atoms with Gasteiger partial charge < -0.3 is 4.90 Å². The van der Waals surface area contributed by atoms with Crippen LogP contribution in [0.15, 0.2) is 54.7 Å². The van der Waals surface area contributed by atoms with Crippen LogP contribution in [0.3, 0.4) is 0 Å². The maximum Gasteiger partial charge on any atom is 0.176 e. The van der Waals surface area contributed by atoms with Gasteiger partial charge in [0, 0.05) is 37.9 Å². The Morgan fingerprint density at radius 1 is 0.952 bits per heavy atom. The summed E-state index contributed by atoms with van der Waals surface area (Å²) < 4.78 is 0. The van der Waals surface area contributed by atoms with Crippen LogP contribution in [-0.4, -0.2) is 48.4 Å². The summed E-state index contributed by atoms with van der Waals surface area (Å²) in [5.41, 5.74) is 0.796. The fourth-order valence-corrected chi connectivity index (χ4v) is 2.59. The summed E-state index contributed by atoms with van der Waals surface area (Å²) in [6.45, 7) is 4.13. The van der Waals surface area contributed by atoms with Crippen LogP contribution in [0.4, 0.5) is 5.82 Å². The van der Waals surface area contributed by atoms with E-state index in [-0.39, 0.29) is 5.78 Å². The van der Waals surface area contributed by atoms with Gasteiger partial charge >= 0.3 is 0 Å². The Balaban J connectivity index is 1.53. The zero-order valence-corrected chi connectivity index (χ0v) is 12.0. The molecule has 0 radical (unpaired) electrons. The molecule has 1 aliphatic heterocycles. The number of piperazine rings is 1. The predicted molar refractivity (Wildman–Crippen MR) is 83.7 cm³/mol. The number of carbonyl (C=O) groups is 1. The molecular formula is C17H19N3O. The molecule has 0 bridgehead atoms. The predicted octanol–water partition coefficient (Wildman–Crippen LogP) is 2.09. The smallest absolute Gasteiger partial charge is 0.176 e. The fourth-order valence-electron chi connectivity index (χ4n) is 2.59. The summed E-state index contributed by atoms with van der Waals surface area (Å²) in [5, 5.41) is 0. The van der Waals surface area contributed by atoms with Crippen LogP contribution in [0.5, 0.6) is 0 Å². The van der Waals surface area contributed by atoms with Gasteiger partial charge in [0.05, 0.1) is 6.54 Å². The number of carbonyl (C=O) groups excluding carboxylic acids is 1. The molecule has 1 aromatic heterocycles. The van der Waals surface area contributed by atoms with Crippen molar-refractivity contribution < 1.29 is 4.79 Å². The fraction of sp³-hybridized carbons (Fsp3) is 0.294. The van der Waals surface area contributed by atoms with Crippen LogP contribution in [0.2, 0.25) is 0 Å². The molecule has 1 saturated heterocycles. The van der Waals surface area contributed by atoms with Crippen LogP contribution < -0.4 is 4.90 Å². The molecule has 0 unspecified atom stereocenters. The van der Waals surface area contributed by atoms with E-state index >= 15 is 0 Å². The van der Waals surface area contributed by atoms with Crippen LogP contribution in [0, 0.1) is 0 Å². The first kappa shape index (κ1) is 13.8. The van der Waals surface area contributed by atoms with Crippen LogP contribution in [0.25, 0.3) is 0 Å². The lowest BCUT2D eigenvalue weighted by Crippen LogP contribution is -2.48. The van der Waals surface area contributed by atoms with E-state index in [1.807, 2.05) is 54.7 Å². The van der Waals surface area contributed by atoms with Gasteiger partial charge in [-0.05, 0) is 12.1 Å². The number of ketones is 1. The number of hydrogen-bond acceptors (Lipinski definition) is 4. The summed E-state index contributed by atoms with van der Waals surface area (Å²) in [4.78, 5) is 21.1. The van der Waals surface area contributed by atoms with Crippen molar-refractivity contribution >= 4 is 11.6 Å². The Morgan fingerprint density at radius 2 is 1.67 bits per heavy atom. The number of pyridine rings is 1. The molecule has 0 aliphatic carbocycles. The third kappa shape index (κ3) is 3.47. The second-order valence-electron chi connectivity index (χ2n) is 5.24. The lowest BCUT2D eigenvalue weighted by Gasteiger charge is -2.35. The zero-order chi connectivity index (χ0) is 14.5. The molecular weight excluding hydrogens is 262 g/mol. The summed E-state index contributed by atoms with van der Waals surface area (Å²) in [6, 6.07) is 15.5. The highest BCUT2D eigenvalue weighted by molar-refractivity contribution is 5.97. The molecule has 108 valence electrons. The van der Waals surface area contributed by atoms with E-state index in [2.05, 4.69) is 14.8 Å². The van der Waals surface area contributed by atoms with Gasteiger partial charge in [0.2, 0.25) is 0 Å². The number of benzene rings is 1. The van der Waals surface area contributed by atoms with E-state index in [0.29, 0.717) is 6.54 Å². The summed E-state index contributed by atoms with van der Waals surface area (Å²) in [5.74, 6) is 1.22. The van der Waals surface area contributed by atoms with Crippen molar-refractivity contribution in [3.63, 3.8) is 0 Å². The number of anilines is 1. The van der Waals surface area contributed by atoms with Crippen LogP contribution in [-0.2, 0) is 0 Å². The van der Waals surface area contributed by atoms with E-state index < -0.39 is 0 Å². The Hall–Kier alpha value is -2.20. The number of rotatable bonds is 4. The van der Waals surface area contributed by atoms with Gasteiger partial charge in [-0.3, -0.25) is 9.69 Å². The third-order valence-corrected chi connectivity index (χ3v) is 3.81. The number of nitrogens with zero attached hydrogens (tertiary/aromatic N) is 3. The first-order valence-corrected chi connectivity index (χ1v) is 7.29. The van der Waals surface area contributed by atoms with Gasteiger partial charge in [-0.15, -0.1) is 0 Å². The molecule has 0 atom stereocenters. The molecule has 4 heteroatoms. The Kier molecular flexibility index (Phi) is 4.26.